The zero-order chi connectivity index (χ0) is 33.3. The summed E-state index contributed by atoms with van der Waals surface area (Å²) in [5.41, 5.74) is 26.9. The Kier molecular flexibility index (Phi) is 18.0. The van der Waals surface area contributed by atoms with E-state index in [1.54, 1.807) is 13.8 Å². The molecular formula is C26H51N11O6. The van der Waals surface area contributed by atoms with Crippen LogP contribution in [-0.4, -0.2) is 89.9 Å². The highest BCUT2D eigenvalue weighted by Crippen LogP contribution is 2.10. The largest absolute Gasteiger partial charge is 0.480 e. The van der Waals surface area contributed by atoms with E-state index in [1.807, 2.05) is 13.8 Å². The topological polar surface area (TPSA) is 309 Å². The molecule has 0 radical (unpaired) electrons. The maximum Gasteiger partial charge on any atom is 0.326 e. The first-order valence-corrected chi connectivity index (χ1v) is 14.3. The lowest BCUT2D eigenvalue weighted by molar-refractivity contribution is -0.142. The average Bonchev–Trinajstić information content (AvgIpc) is 2.88. The van der Waals surface area contributed by atoms with Crippen LogP contribution in [0.1, 0.15) is 66.7 Å². The molecular weight excluding hydrogens is 562 g/mol. The number of carbonyl (C=O) groups excluding carboxylic acids is 4. The minimum Gasteiger partial charge on any atom is -0.480 e. The molecule has 0 unspecified atom stereocenters. The van der Waals surface area contributed by atoms with E-state index >= 15 is 0 Å². The smallest absolute Gasteiger partial charge is 0.326 e. The van der Waals surface area contributed by atoms with Crippen LogP contribution in [0.2, 0.25) is 0 Å². The Labute approximate surface area is 252 Å². The Balaban J connectivity index is 5.84. The second-order valence-electron chi connectivity index (χ2n) is 11.1. The summed E-state index contributed by atoms with van der Waals surface area (Å²) < 4.78 is 0. The molecule has 0 aliphatic carbocycles. The van der Waals surface area contributed by atoms with Gasteiger partial charge in [0.1, 0.15) is 24.2 Å². The summed E-state index contributed by atoms with van der Waals surface area (Å²) in [6.45, 7) is 8.97. The zero-order valence-corrected chi connectivity index (χ0v) is 25.8. The number of rotatable bonds is 20. The Hall–Kier alpha value is -4.15. The number of guanidine groups is 2. The molecule has 0 aromatic rings. The highest BCUT2D eigenvalue weighted by Gasteiger charge is 2.33. The molecule has 0 heterocycles. The van der Waals surface area contributed by atoms with Gasteiger partial charge in [-0.3, -0.25) is 29.2 Å². The van der Waals surface area contributed by atoms with Crippen LogP contribution in [0.5, 0.6) is 0 Å². The summed E-state index contributed by atoms with van der Waals surface area (Å²) in [5, 5.41) is 20.0. The fourth-order valence-electron chi connectivity index (χ4n) is 3.86. The van der Waals surface area contributed by atoms with E-state index in [4.69, 9.17) is 28.7 Å². The lowest BCUT2D eigenvalue weighted by Gasteiger charge is -2.28. The van der Waals surface area contributed by atoms with Crippen molar-refractivity contribution >= 4 is 41.5 Å². The van der Waals surface area contributed by atoms with Crippen LogP contribution in [0.3, 0.4) is 0 Å². The number of nitrogens with zero attached hydrogens (tertiary/aromatic N) is 2. The minimum absolute atomic E-state index is 0.0293. The fourth-order valence-corrected chi connectivity index (χ4v) is 3.86. The van der Waals surface area contributed by atoms with Gasteiger partial charge in [0.2, 0.25) is 23.6 Å². The van der Waals surface area contributed by atoms with E-state index < -0.39 is 65.7 Å². The van der Waals surface area contributed by atoms with E-state index in [0.717, 1.165) is 0 Å². The SMILES string of the molecule is CC(C)C[C@H](NC(=O)[C@H](C)N)C(=O)N[C@H](C(=O)N[C@@H](CCCN=C(N)N)C(=O)N[C@@H](CCCN=C(N)N)C(=O)O)C(C)C. The van der Waals surface area contributed by atoms with Crippen LogP contribution in [-0.2, 0) is 24.0 Å². The molecule has 4 amide bonds. The maximum atomic E-state index is 13.4. The Bertz CT molecular complexity index is 992. The number of amides is 4. The summed E-state index contributed by atoms with van der Waals surface area (Å²) in [4.78, 5) is 71.5. The number of hydrogen-bond acceptors (Lipinski definition) is 8. The second-order valence-corrected chi connectivity index (χ2v) is 11.1. The number of aliphatic carboxylic acids is 1. The fraction of sp³-hybridized carbons (Fsp3) is 0.731. The lowest BCUT2D eigenvalue weighted by atomic mass is 9.99. The van der Waals surface area contributed by atoms with E-state index in [1.165, 1.54) is 6.92 Å². The van der Waals surface area contributed by atoms with Gasteiger partial charge in [-0.05, 0) is 50.9 Å². The quantitative estimate of drug-likeness (QED) is 0.0379. The van der Waals surface area contributed by atoms with Crippen LogP contribution in [0.4, 0.5) is 0 Å². The third-order valence-electron chi connectivity index (χ3n) is 6.14. The second kappa shape index (κ2) is 19.9. The molecule has 15 N–H and O–H groups in total. The Morgan fingerprint density at radius 3 is 1.51 bits per heavy atom. The number of nitrogens with two attached hydrogens (primary N) is 5. The summed E-state index contributed by atoms with van der Waals surface area (Å²) in [6, 6.07) is -5.32. The molecule has 0 fully saturated rings. The molecule has 0 rings (SSSR count). The van der Waals surface area contributed by atoms with Gasteiger partial charge >= 0.3 is 5.97 Å². The van der Waals surface area contributed by atoms with Crippen molar-refractivity contribution in [2.75, 3.05) is 13.1 Å². The van der Waals surface area contributed by atoms with Crippen LogP contribution in [0, 0.1) is 11.8 Å². The van der Waals surface area contributed by atoms with Crippen LogP contribution >= 0.6 is 0 Å². The molecule has 17 nitrogen and oxygen atoms in total. The predicted molar refractivity (Wildman–Crippen MR) is 163 cm³/mol. The lowest BCUT2D eigenvalue weighted by Crippen LogP contribution is -2.59. The van der Waals surface area contributed by atoms with Crippen molar-refractivity contribution in [2.24, 2.45) is 50.5 Å². The van der Waals surface area contributed by atoms with Gasteiger partial charge in [0.25, 0.3) is 0 Å². The van der Waals surface area contributed by atoms with Crippen molar-refractivity contribution in [3.05, 3.63) is 0 Å². The van der Waals surface area contributed by atoms with Crippen molar-refractivity contribution in [1.29, 1.82) is 0 Å². The van der Waals surface area contributed by atoms with E-state index in [2.05, 4.69) is 31.3 Å². The molecule has 0 aromatic carbocycles. The molecule has 0 aromatic heterocycles. The van der Waals surface area contributed by atoms with Crippen molar-refractivity contribution in [3.8, 4) is 0 Å². The van der Waals surface area contributed by atoms with E-state index in [9.17, 15) is 29.1 Å². The van der Waals surface area contributed by atoms with Crippen molar-refractivity contribution in [1.82, 2.24) is 21.3 Å². The monoisotopic (exact) mass is 613 g/mol. The highest BCUT2D eigenvalue weighted by molar-refractivity contribution is 5.95. The highest BCUT2D eigenvalue weighted by atomic mass is 16.4. The molecule has 246 valence electrons. The number of aliphatic imine (C=N–C) groups is 2. The molecule has 0 saturated carbocycles. The first-order valence-electron chi connectivity index (χ1n) is 14.3. The van der Waals surface area contributed by atoms with E-state index in [0.29, 0.717) is 6.42 Å². The summed E-state index contributed by atoms with van der Waals surface area (Å²) in [5.74, 6) is -4.47. The average molecular weight is 614 g/mol. The molecule has 0 spiro atoms. The first-order chi connectivity index (χ1) is 20.0. The van der Waals surface area contributed by atoms with Crippen LogP contribution in [0.25, 0.3) is 0 Å². The zero-order valence-electron chi connectivity index (χ0n) is 25.8. The van der Waals surface area contributed by atoms with Gasteiger partial charge in [-0.1, -0.05) is 27.7 Å². The Morgan fingerprint density at radius 2 is 1.09 bits per heavy atom. The Morgan fingerprint density at radius 1 is 0.651 bits per heavy atom. The van der Waals surface area contributed by atoms with Gasteiger partial charge in [-0.25, -0.2) is 4.79 Å². The van der Waals surface area contributed by atoms with Gasteiger partial charge in [0.15, 0.2) is 11.9 Å². The van der Waals surface area contributed by atoms with Gasteiger partial charge in [0, 0.05) is 13.1 Å². The summed E-state index contributed by atoms with van der Waals surface area (Å²) in [7, 11) is 0. The number of hydrogen-bond donors (Lipinski definition) is 10. The normalized spacial score (nSPS) is 14.4. The van der Waals surface area contributed by atoms with Gasteiger partial charge in [0.05, 0.1) is 6.04 Å². The van der Waals surface area contributed by atoms with Gasteiger partial charge in [-0.15, -0.1) is 0 Å². The summed E-state index contributed by atoms with van der Waals surface area (Å²) >= 11 is 0. The molecule has 17 heteroatoms. The number of carboxylic acids is 1. The van der Waals surface area contributed by atoms with Gasteiger partial charge in [-0.2, -0.15) is 0 Å². The molecule has 0 bridgehead atoms. The third kappa shape index (κ3) is 16.8. The van der Waals surface area contributed by atoms with Gasteiger partial charge < -0.3 is 55.0 Å². The van der Waals surface area contributed by atoms with E-state index in [-0.39, 0.29) is 56.6 Å². The number of carbonyl (C=O) groups is 5. The molecule has 5 atom stereocenters. The third-order valence-corrected chi connectivity index (χ3v) is 6.14. The molecule has 43 heavy (non-hydrogen) atoms. The maximum absolute atomic E-state index is 13.4. The van der Waals surface area contributed by atoms with Crippen LogP contribution < -0.4 is 49.9 Å². The standard InChI is InChI=1S/C26H51N11O6/c1-13(2)12-18(36-20(38)15(5)27)22(40)37-19(14(3)4)23(41)34-16(8-6-10-32-25(28)29)21(39)35-17(24(42)43)9-7-11-33-26(30)31/h13-19H,6-12,27H2,1-5H3,(H,34,41)(H,35,39)(H,36,38)(H,37,40)(H,42,43)(H4,28,29,32)(H4,30,31,33)/t15-,16-,17-,18-,19-/m0/s1. The molecule has 0 aliphatic heterocycles. The minimum atomic E-state index is -1.28. The molecule has 0 saturated heterocycles. The van der Waals surface area contributed by atoms with Crippen molar-refractivity contribution < 1.29 is 29.1 Å². The predicted octanol–water partition coefficient (Wildman–Crippen LogP) is -2.83. The van der Waals surface area contributed by atoms with Crippen molar-refractivity contribution in [2.45, 2.75) is 96.9 Å². The van der Waals surface area contributed by atoms with Crippen molar-refractivity contribution in [3.63, 3.8) is 0 Å². The summed E-state index contributed by atoms with van der Waals surface area (Å²) in [6.07, 6.45) is 0.938. The van der Waals surface area contributed by atoms with Crippen LogP contribution in [0.15, 0.2) is 9.98 Å². The molecule has 0 aliphatic rings. The number of nitrogens with one attached hydrogen (secondary N) is 4. The first kappa shape index (κ1) is 38.9. The number of carboxylic acid groups (broad SMARTS) is 1.